The Kier molecular flexibility index (Phi) is 7.11. The van der Waals surface area contributed by atoms with E-state index in [1.54, 1.807) is 0 Å². The number of amides is 1. The maximum atomic E-state index is 12.1. The Hall–Kier alpha value is -0.320. The summed E-state index contributed by atoms with van der Waals surface area (Å²) in [6, 6.07) is 0. The molecule has 1 spiro atoms. The van der Waals surface area contributed by atoms with E-state index in [9.17, 15) is 4.79 Å². The van der Waals surface area contributed by atoms with Crippen molar-refractivity contribution in [2.24, 2.45) is 5.41 Å². The van der Waals surface area contributed by atoms with Crippen LogP contribution in [0, 0.1) is 5.41 Å². The average molecular weight is 291 g/mol. The van der Waals surface area contributed by atoms with Gasteiger partial charge in [-0.3, -0.25) is 4.79 Å². The van der Waals surface area contributed by atoms with E-state index in [0.29, 0.717) is 12.0 Å². The molecule has 0 aromatic heterocycles. The lowest BCUT2D eigenvalue weighted by atomic mass is 9.79. The fraction of sp³-hybridized carbons (Fsp3) is 0.929. The van der Waals surface area contributed by atoms with Crippen LogP contribution in [0.15, 0.2) is 0 Å². The highest BCUT2D eigenvalue weighted by atomic mass is 35.5. The normalized spacial score (nSPS) is 26.5. The lowest BCUT2D eigenvalue weighted by Crippen LogP contribution is -2.48. The Balaban J connectivity index is 0.00000180. The van der Waals surface area contributed by atoms with Gasteiger partial charge in [0.25, 0.3) is 0 Å². The Morgan fingerprint density at radius 3 is 2.95 bits per heavy atom. The van der Waals surface area contributed by atoms with Gasteiger partial charge in [0.15, 0.2) is 0 Å². The summed E-state index contributed by atoms with van der Waals surface area (Å²) in [7, 11) is 0. The van der Waals surface area contributed by atoms with E-state index in [1.807, 2.05) is 4.90 Å². The second-order valence-corrected chi connectivity index (χ2v) is 5.75. The van der Waals surface area contributed by atoms with Crippen LogP contribution < -0.4 is 5.32 Å². The first-order chi connectivity index (χ1) is 8.76. The molecule has 0 bridgehead atoms. The molecule has 5 heteroatoms. The smallest absolute Gasteiger partial charge is 0.248 e. The van der Waals surface area contributed by atoms with Crippen LogP contribution in [-0.2, 0) is 9.53 Å². The van der Waals surface area contributed by atoms with Crippen molar-refractivity contribution < 1.29 is 9.53 Å². The van der Waals surface area contributed by atoms with Crippen LogP contribution in [0.1, 0.15) is 39.0 Å². The molecule has 1 atom stereocenters. The first-order valence-electron chi connectivity index (χ1n) is 7.32. The second-order valence-electron chi connectivity index (χ2n) is 5.75. The van der Waals surface area contributed by atoms with Gasteiger partial charge in [0, 0.05) is 31.7 Å². The van der Waals surface area contributed by atoms with Crippen LogP contribution >= 0.6 is 12.4 Å². The first-order valence-corrected chi connectivity index (χ1v) is 7.32. The number of carbonyl (C=O) groups is 1. The van der Waals surface area contributed by atoms with Gasteiger partial charge in [0.2, 0.25) is 5.91 Å². The largest absolute Gasteiger partial charge is 0.372 e. The van der Waals surface area contributed by atoms with Crippen LogP contribution in [0.3, 0.4) is 0 Å². The molecule has 2 aliphatic heterocycles. The summed E-state index contributed by atoms with van der Waals surface area (Å²) >= 11 is 0. The topological polar surface area (TPSA) is 41.6 Å². The molecule has 19 heavy (non-hydrogen) atoms. The van der Waals surface area contributed by atoms with Gasteiger partial charge in [0.05, 0.1) is 0 Å². The number of halogens is 1. The Labute approximate surface area is 122 Å². The molecule has 0 saturated carbocycles. The summed E-state index contributed by atoms with van der Waals surface area (Å²) in [5.74, 6) is 0.178. The highest BCUT2D eigenvalue weighted by Crippen LogP contribution is 2.35. The molecule has 2 aliphatic rings. The summed E-state index contributed by atoms with van der Waals surface area (Å²) in [6.45, 7) is 7.13. The number of rotatable bonds is 5. The number of carbonyl (C=O) groups excluding carboxylic acids is 1. The van der Waals surface area contributed by atoms with Gasteiger partial charge in [-0.25, -0.2) is 0 Å². The fourth-order valence-electron chi connectivity index (χ4n) is 3.06. The first kappa shape index (κ1) is 16.7. The number of nitrogens with zero attached hydrogens (tertiary/aromatic N) is 1. The summed E-state index contributed by atoms with van der Waals surface area (Å²) < 4.78 is 5.43. The molecule has 4 nitrogen and oxygen atoms in total. The average Bonchev–Trinajstić information content (AvgIpc) is 2.82. The molecule has 2 heterocycles. The molecule has 0 aromatic carbocycles. The number of hydrogen-bond acceptors (Lipinski definition) is 3. The molecular formula is C14H27ClN2O2. The third-order valence-electron chi connectivity index (χ3n) is 4.21. The number of hydrogen-bond donors (Lipinski definition) is 1. The molecule has 2 fully saturated rings. The van der Waals surface area contributed by atoms with Crippen molar-refractivity contribution in [2.75, 3.05) is 39.4 Å². The second kappa shape index (κ2) is 8.08. The van der Waals surface area contributed by atoms with Gasteiger partial charge < -0.3 is 15.0 Å². The molecule has 1 N–H and O–H groups in total. The molecule has 0 aliphatic carbocycles. The minimum atomic E-state index is 0. The zero-order valence-electron chi connectivity index (χ0n) is 12.0. The monoisotopic (exact) mass is 290 g/mol. The predicted molar refractivity (Wildman–Crippen MR) is 78.7 cm³/mol. The number of likely N-dealkylation sites (tertiary alicyclic amines) is 1. The minimum absolute atomic E-state index is 0. The number of unbranched alkanes of at least 4 members (excludes halogenated alkanes) is 1. The number of nitrogens with one attached hydrogen (secondary N) is 1. The van der Waals surface area contributed by atoms with Gasteiger partial charge in [-0.05, 0) is 32.2 Å². The maximum absolute atomic E-state index is 12.1. The third-order valence-corrected chi connectivity index (χ3v) is 4.21. The van der Waals surface area contributed by atoms with Gasteiger partial charge >= 0.3 is 0 Å². The highest BCUT2D eigenvalue weighted by molar-refractivity contribution is 5.85. The molecule has 2 saturated heterocycles. The van der Waals surface area contributed by atoms with Gasteiger partial charge in [-0.2, -0.15) is 0 Å². The third kappa shape index (κ3) is 4.62. The SMILES string of the molecule is CCCCOCC(=O)N1CCCC2(CCNC2)C1.Cl. The van der Waals surface area contributed by atoms with Gasteiger partial charge in [0.1, 0.15) is 6.61 Å². The van der Waals surface area contributed by atoms with Crippen molar-refractivity contribution >= 4 is 18.3 Å². The van der Waals surface area contributed by atoms with E-state index in [2.05, 4.69) is 12.2 Å². The van der Waals surface area contributed by atoms with E-state index in [4.69, 9.17) is 4.74 Å². The van der Waals surface area contributed by atoms with E-state index in [1.165, 1.54) is 12.8 Å². The number of ether oxygens (including phenoxy) is 1. The Morgan fingerprint density at radius 2 is 2.26 bits per heavy atom. The van der Waals surface area contributed by atoms with Crippen LogP contribution in [0.4, 0.5) is 0 Å². The van der Waals surface area contributed by atoms with Crippen molar-refractivity contribution in [2.45, 2.75) is 39.0 Å². The Morgan fingerprint density at radius 1 is 1.42 bits per heavy atom. The van der Waals surface area contributed by atoms with E-state index in [0.717, 1.165) is 45.4 Å². The molecule has 0 radical (unpaired) electrons. The van der Waals surface area contributed by atoms with Crippen LogP contribution in [0.5, 0.6) is 0 Å². The lowest BCUT2D eigenvalue weighted by Gasteiger charge is -2.40. The molecule has 112 valence electrons. The summed E-state index contributed by atoms with van der Waals surface area (Å²) in [5.41, 5.74) is 0.358. The summed E-state index contributed by atoms with van der Waals surface area (Å²) in [4.78, 5) is 14.1. The van der Waals surface area contributed by atoms with Crippen LogP contribution in [0.25, 0.3) is 0 Å². The minimum Gasteiger partial charge on any atom is -0.372 e. The van der Waals surface area contributed by atoms with Gasteiger partial charge in [-0.1, -0.05) is 13.3 Å². The quantitative estimate of drug-likeness (QED) is 0.786. The predicted octanol–water partition coefficient (Wildman–Crippen LogP) is 1.83. The number of piperidine rings is 1. The molecular weight excluding hydrogens is 264 g/mol. The summed E-state index contributed by atoms with van der Waals surface area (Å²) in [5, 5.41) is 3.43. The molecule has 1 unspecified atom stereocenters. The van der Waals surface area contributed by atoms with Crippen molar-refractivity contribution in [3.8, 4) is 0 Å². The van der Waals surface area contributed by atoms with E-state index in [-0.39, 0.29) is 24.9 Å². The Bertz CT molecular complexity index is 281. The lowest BCUT2D eigenvalue weighted by molar-refractivity contribution is -0.139. The highest BCUT2D eigenvalue weighted by Gasteiger charge is 2.39. The van der Waals surface area contributed by atoms with E-state index < -0.39 is 0 Å². The zero-order chi connectivity index (χ0) is 12.8. The van der Waals surface area contributed by atoms with E-state index >= 15 is 0 Å². The van der Waals surface area contributed by atoms with Crippen molar-refractivity contribution in [1.29, 1.82) is 0 Å². The van der Waals surface area contributed by atoms with Crippen molar-refractivity contribution in [3.63, 3.8) is 0 Å². The zero-order valence-corrected chi connectivity index (χ0v) is 12.8. The fourth-order valence-corrected chi connectivity index (χ4v) is 3.06. The van der Waals surface area contributed by atoms with Crippen molar-refractivity contribution in [1.82, 2.24) is 10.2 Å². The van der Waals surface area contributed by atoms with Crippen LogP contribution in [-0.4, -0.2) is 50.2 Å². The molecule has 0 aromatic rings. The van der Waals surface area contributed by atoms with Gasteiger partial charge in [-0.15, -0.1) is 12.4 Å². The van der Waals surface area contributed by atoms with Crippen LogP contribution in [0.2, 0.25) is 0 Å². The maximum Gasteiger partial charge on any atom is 0.248 e. The van der Waals surface area contributed by atoms with Crippen molar-refractivity contribution in [3.05, 3.63) is 0 Å². The molecule has 2 rings (SSSR count). The summed E-state index contributed by atoms with van der Waals surface area (Å²) in [6.07, 6.45) is 5.78. The molecule has 1 amide bonds. The standard InChI is InChI=1S/C14H26N2O2.ClH/c1-2-3-9-18-10-13(17)16-8-4-5-14(12-16)6-7-15-11-14;/h15H,2-12H2,1H3;1H.